The average molecular weight is 233 g/mol. The van der Waals surface area contributed by atoms with E-state index in [1.54, 1.807) is 0 Å². The molecule has 0 aromatic heterocycles. The molecule has 1 saturated heterocycles. The summed E-state index contributed by atoms with van der Waals surface area (Å²) in [5, 5.41) is 7.09. The molecule has 1 heterocycles. The number of rotatable bonds is 3. The van der Waals surface area contributed by atoms with Crippen LogP contribution in [0.4, 0.5) is 5.69 Å². The molecule has 1 aromatic rings. The van der Waals surface area contributed by atoms with Crippen LogP contribution in [0.15, 0.2) is 18.2 Å². The van der Waals surface area contributed by atoms with Gasteiger partial charge >= 0.3 is 0 Å². The number of benzene rings is 1. The maximum absolute atomic E-state index is 3.55. The number of hydrogen-bond donors (Lipinski definition) is 2. The van der Waals surface area contributed by atoms with Crippen molar-refractivity contribution >= 4 is 5.69 Å². The number of aryl methyl sites for hydroxylation is 2. The SMILES string of the molecule is Cc1ccc(NCC2CN(C)CCN2)c(C)c1. The van der Waals surface area contributed by atoms with Crippen molar-refractivity contribution in [2.75, 3.05) is 38.5 Å². The minimum absolute atomic E-state index is 0.550. The van der Waals surface area contributed by atoms with Gasteiger partial charge in [-0.2, -0.15) is 0 Å². The number of hydrogen-bond acceptors (Lipinski definition) is 3. The summed E-state index contributed by atoms with van der Waals surface area (Å²) >= 11 is 0. The average Bonchev–Trinajstić information content (AvgIpc) is 2.28. The van der Waals surface area contributed by atoms with Crippen LogP contribution < -0.4 is 10.6 Å². The van der Waals surface area contributed by atoms with Crippen molar-refractivity contribution in [2.45, 2.75) is 19.9 Å². The highest BCUT2D eigenvalue weighted by molar-refractivity contribution is 5.52. The van der Waals surface area contributed by atoms with Crippen molar-refractivity contribution in [1.82, 2.24) is 10.2 Å². The molecule has 1 aliphatic heterocycles. The first kappa shape index (κ1) is 12.4. The number of nitrogens with one attached hydrogen (secondary N) is 2. The van der Waals surface area contributed by atoms with Crippen molar-refractivity contribution in [3.8, 4) is 0 Å². The lowest BCUT2D eigenvalue weighted by atomic mass is 10.1. The lowest BCUT2D eigenvalue weighted by Crippen LogP contribution is -2.51. The van der Waals surface area contributed by atoms with Gasteiger partial charge in [0, 0.05) is 37.9 Å². The minimum Gasteiger partial charge on any atom is -0.383 e. The van der Waals surface area contributed by atoms with Gasteiger partial charge in [0.2, 0.25) is 0 Å². The van der Waals surface area contributed by atoms with Crippen molar-refractivity contribution < 1.29 is 0 Å². The van der Waals surface area contributed by atoms with Gasteiger partial charge in [0.15, 0.2) is 0 Å². The van der Waals surface area contributed by atoms with Crippen LogP contribution in [-0.2, 0) is 0 Å². The van der Waals surface area contributed by atoms with Crippen molar-refractivity contribution in [2.24, 2.45) is 0 Å². The number of likely N-dealkylation sites (N-methyl/N-ethyl adjacent to an activating group) is 1. The van der Waals surface area contributed by atoms with Crippen LogP contribution in [0.25, 0.3) is 0 Å². The topological polar surface area (TPSA) is 27.3 Å². The Morgan fingerprint density at radius 2 is 2.24 bits per heavy atom. The third kappa shape index (κ3) is 3.45. The maximum atomic E-state index is 3.55. The molecule has 94 valence electrons. The molecule has 1 atom stereocenters. The third-order valence-corrected chi connectivity index (χ3v) is 3.38. The van der Waals surface area contributed by atoms with Gasteiger partial charge in [0.05, 0.1) is 0 Å². The zero-order valence-corrected chi connectivity index (χ0v) is 11.1. The lowest BCUT2D eigenvalue weighted by Gasteiger charge is -2.31. The predicted octanol–water partition coefficient (Wildman–Crippen LogP) is 1.62. The van der Waals surface area contributed by atoms with E-state index in [-0.39, 0.29) is 0 Å². The molecule has 0 aliphatic carbocycles. The minimum atomic E-state index is 0.550. The Balaban J connectivity index is 1.88. The summed E-state index contributed by atoms with van der Waals surface area (Å²) in [6.07, 6.45) is 0. The summed E-state index contributed by atoms with van der Waals surface area (Å²) in [4.78, 5) is 2.38. The van der Waals surface area contributed by atoms with E-state index in [1.165, 1.54) is 16.8 Å². The molecular formula is C14H23N3. The first-order valence-corrected chi connectivity index (χ1v) is 6.38. The molecule has 1 aromatic carbocycles. The Bertz CT molecular complexity index is 376. The molecule has 3 nitrogen and oxygen atoms in total. The Hall–Kier alpha value is -1.06. The van der Waals surface area contributed by atoms with Gasteiger partial charge < -0.3 is 15.5 Å². The molecule has 0 bridgehead atoms. The predicted molar refractivity (Wildman–Crippen MR) is 73.7 cm³/mol. The number of anilines is 1. The Morgan fingerprint density at radius 3 is 2.94 bits per heavy atom. The Kier molecular flexibility index (Phi) is 4.02. The fourth-order valence-electron chi connectivity index (χ4n) is 2.37. The number of piperazine rings is 1. The molecule has 1 aliphatic rings. The first-order valence-electron chi connectivity index (χ1n) is 6.38. The molecule has 3 heteroatoms. The summed E-state index contributed by atoms with van der Waals surface area (Å²) < 4.78 is 0. The molecule has 0 saturated carbocycles. The van der Waals surface area contributed by atoms with Gasteiger partial charge in [-0.15, -0.1) is 0 Å². The molecule has 17 heavy (non-hydrogen) atoms. The van der Waals surface area contributed by atoms with E-state index in [0.29, 0.717) is 6.04 Å². The molecule has 1 fully saturated rings. The smallest absolute Gasteiger partial charge is 0.0370 e. The van der Waals surface area contributed by atoms with Crippen molar-refractivity contribution in [1.29, 1.82) is 0 Å². The van der Waals surface area contributed by atoms with Gasteiger partial charge in [0.1, 0.15) is 0 Å². The second kappa shape index (κ2) is 5.52. The van der Waals surface area contributed by atoms with Crippen LogP contribution in [-0.4, -0.2) is 44.2 Å². The molecular weight excluding hydrogens is 210 g/mol. The monoisotopic (exact) mass is 233 g/mol. The van der Waals surface area contributed by atoms with E-state index in [4.69, 9.17) is 0 Å². The molecule has 2 N–H and O–H groups in total. The first-order chi connectivity index (χ1) is 8.15. The van der Waals surface area contributed by atoms with Gasteiger partial charge in [-0.25, -0.2) is 0 Å². The second-order valence-corrected chi connectivity index (χ2v) is 5.11. The van der Waals surface area contributed by atoms with Crippen LogP contribution in [0, 0.1) is 13.8 Å². The fourth-order valence-corrected chi connectivity index (χ4v) is 2.37. The maximum Gasteiger partial charge on any atom is 0.0370 e. The van der Waals surface area contributed by atoms with Gasteiger partial charge in [-0.1, -0.05) is 17.7 Å². The summed E-state index contributed by atoms with van der Waals surface area (Å²) in [5.41, 5.74) is 3.91. The lowest BCUT2D eigenvalue weighted by molar-refractivity contribution is 0.244. The zero-order valence-electron chi connectivity index (χ0n) is 11.1. The summed E-state index contributed by atoms with van der Waals surface area (Å²) in [5.74, 6) is 0. The highest BCUT2D eigenvalue weighted by atomic mass is 15.2. The standard InChI is InChI=1S/C14H23N3/c1-11-4-5-14(12(2)8-11)16-9-13-10-17(3)7-6-15-13/h4-5,8,13,15-16H,6-7,9-10H2,1-3H3. The third-order valence-electron chi connectivity index (χ3n) is 3.38. The highest BCUT2D eigenvalue weighted by Gasteiger charge is 2.15. The number of nitrogens with zero attached hydrogens (tertiary/aromatic N) is 1. The Morgan fingerprint density at radius 1 is 1.41 bits per heavy atom. The van der Waals surface area contributed by atoms with E-state index >= 15 is 0 Å². The van der Waals surface area contributed by atoms with E-state index in [2.05, 4.69) is 54.6 Å². The van der Waals surface area contributed by atoms with Crippen LogP contribution in [0.1, 0.15) is 11.1 Å². The highest BCUT2D eigenvalue weighted by Crippen LogP contribution is 2.15. The van der Waals surface area contributed by atoms with Gasteiger partial charge in [-0.3, -0.25) is 0 Å². The largest absolute Gasteiger partial charge is 0.383 e. The Labute approximate surface area is 104 Å². The molecule has 1 unspecified atom stereocenters. The van der Waals surface area contributed by atoms with Crippen LogP contribution in [0.3, 0.4) is 0 Å². The molecule has 0 spiro atoms. The normalized spacial score (nSPS) is 21.5. The van der Waals surface area contributed by atoms with E-state index < -0.39 is 0 Å². The van der Waals surface area contributed by atoms with Crippen molar-refractivity contribution in [3.63, 3.8) is 0 Å². The quantitative estimate of drug-likeness (QED) is 0.831. The molecule has 0 amide bonds. The van der Waals surface area contributed by atoms with Crippen LogP contribution in [0.2, 0.25) is 0 Å². The fraction of sp³-hybridized carbons (Fsp3) is 0.571. The van der Waals surface area contributed by atoms with E-state index in [0.717, 1.165) is 26.2 Å². The van der Waals surface area contributed by atoms with E-state index in [9.17, 15) is 0 Å². The van der Waals surface area contributed by atoms with Gasteiger partial charge in [-0.05, 0) is 32.5 Å². The summed E-state index contributed by atoms with van der Waals surface area (Å²) in [7, 11) is 2.19. The van der Waals surface area contributed by atoms with E-state index in [1.807, 2.05) is 0 Å². The molecule has 0 radical (unpaired) electrons. The molecule has 2 rings (SSSR count). The van der Waals surface area contributed by atoms with Crippen LogP contribution in [0.5, 0.6) is 0 Å². The zero-order chi connectivity index (χ0) is 12.3. The van der Waals surface area contributed by atoms with Crippen LogP contribution >= 0.6 is 0 Å². The summed E-state index contributed by atoms with van der Waals surface area (Å²) in [6, 6.07) is 7.12. The van der Waals surface area contributed by atoms with Crippen molar-refractivity contribution in [3.05, 3.63) is 29.3 Å². The summed E-state index contributed by atoms with van der Waals surface area (Å²) in [6.45, 7) is 8.66. The second-order valence-electron chi connectivity index (χ2n) is 5.11. The van der Waals surface area contributed by atoms with Gasteiger partial charge in [0.25, 0.3) is 0 Å².